The number of rotatable bonds is 4. The summed E-state index contributed by atoms with van der Waals surface area (Å²) in [5, 5.41) is 21.6. The minimum atomic E-state index is -1.33. The molecule has 0 spiro atoms. The second-order valence-electron chi connectivity index (χ2n) is 5.17. The summed E-state index contributed by atoms with van der Waals surface area (Å²) in [5.41, 5.74) is 3.35. The van der Waals surface area contributed by atoms with Crippen LogP contribution in [0.25, 0.3) is 10.9 Å². The Bertz CT molecular complexity index is 703. The molecule has 1 aromatic carbocycles. The number of amides is 1. The fourth-order valence-corrected chi connectivity index (χ4v) is 2.22. The number of aryl methyl sites for hydroxylation is 2. The number of nitrogens with one attached hydrogen (secondary N) is 2. The molecule has 0 saturated heterocycles. The van der Waals surface area contributed by atoms with E-state index in [1.54, 1.807) is 18.2 Å². The highest BCUT2D eigenvalue weighted by Crippen LogP contribution is 2.22. The Hall–Kier alpha value is -2.34. The van der Waals surface area contributed by atoms with Crippen LogP contribution in [0.4, 0.5) is 0 Å². The van der Waals surface area contributed by atoms with Gasteiger partial charge in [-0.15, -0.1) is 0 Å². The van der Waals surface area contributed by atoms with Crippen molar-refractivity contribution in [1.29, 1.82) is 0 Å². The van der Waals surface area contributed by atoms with E-state index >= 15 is 0 Å². The molecule has 0 bridgehead atoms. The summed E-state index contributed by atoms with van der Waals surface area (Å²) < 4.78 is 0. The summed E-state index contributed by atoms with van der Waals surface area (Å²) >= 11 is 0. The predicted octanol–water partition coefficient (Wildman–Crippen LogP) is 1.35. The number of hydrogen-bond acceptors (Lipinski definition) is 3. The largest absolute Gasteiger partial charge is 0.480 e. The Kier molecular flexibility index (Phi) is 3.99. The number of carboxylic acid groups (broad SMARTS) is 1. The van der Waals surface area contributed by atoms with Crippen LogP contribution in [-0.4, -0.2) is 39.2 Å². The Morgan fingerprint density at radius 1 is 1.29 bits per heavy atom. The molecule has 6 nitrogen and oxygen atoms in total. The van der Waals surface area contributed by atoms with Crippen LogP contribution < -0.4 is 5.32 Å². The van der Waals surface area contributed by atoms with Crippen molar-refractivity contribution in [3.8, 4) is 0 Å². The van der Waals surface area contributed by atoms with Crippen molar-refractivity contribution in [2.75, 3.05) is 0 Å². The third-order valence-corrected chi connectivity index (χ3v) is 3.61. The van der Waals surface area contributed by atoms with Gasteiger partial charge in [0.15, 0.2) is 6.04 Å². The number of carbonyl (C=O) groups is 2. The lowest BCUT2D eigenvalue weighted by Crippen LogP contribution is -2.47. The number of aromatic nitrogens is 1. The van der Waals surface area contributed by atoms with Gasteiger partial charge < -0.3 is 20.5 Å². The van der Waals surface area contributed by atoms with Gasteiger partial charge in [0.05, 0.1) is 6.10 Å². The highest BCUT2D eigenvalue weighted by atomic mass is 16.4. The molecule has 0 unspecified atom stereocenters. The molecule has 0 aliphatic heterocycles. The third kappa shape index (κ3) is 2.90. The van der Waals surface area contributed by atoms with Gasteiger partial charge in [0.1, 0.15) is 0 Å². The van der Waals surface area contributed by atoms with E-state index in [0.717, 1.165) is 22.2 Å². The molecule has 4 N–H and O–H groups in total. The molecule has 0 fully saturated rings. The topological polar surface area (TPSA) is 102 Å². The van der Waals surface area contributed by atoms with Crippen molar-refractivity contribution in [3.05, 3.63) is 35.0 Å². The fraction of sp³-hybridized carbons (Fsp3) is 0.333. The van der Waals surface area contributed by atoms with Crippen LogP contribution in [0.5, 0.6) is 0 Å². The molecule has 0 radical (unpaired) electrons. The van der Waals surface area contributed by atoms with Gasteiger partial charge in [0.2, 0.25) is 0 Å². The molecule has 21 heavy (non-hydrogen) atoms. The van der Waals surface area contributed by atoms with Crippen LogP contribution in [0, 0.1) is 13.8 Å². The van der Waals surface area contributed by atoms with Crippen LogP contribution >= 0.6 is 0 Å². The van der Waals surface area contributed by atoms with Crippen LogP contribution in [0.1, 0.15) is 28.5 Å². The first-order valence-electron chi connectivity index (χ1n) is 6.62. The lowest BCUT2D eigenvalue weighted by molar-refractivity contribution is -0.141. The number of aliphatic hydroxyl groups is 1. The maximum atomic E-state index is 12.1. The van der Waals surface area contributed by atoms with Crippen LogP contribution in [0.2, 0.25) is 0 Å². The van der Waals surface area contributed by atoms with Crippen molar-refractivity contribution in [2.45, 2.75) is 32.9 Å². The molecule has 2 aromatic rings. The normalized spacial score (nSPS) is 13.9. The van der Waals surface area contributed by atoms with E-state index in [1.807, 2.05) is 13.8 Å². The minimum Gasteiger partial charge on any atom is -0.480 e. The molecule has 6 heteroatoms. The highest BCUT2D eigenvalue weighted by molar-refractivity contribution is 6.00. The van der Waals surface area contributed by atoms with Crippen molar-refractivity contribution < 1.29 is 19.8 Å². The number of fused-ring (bicyclic) bond motifs is 1. The quantitative estimate of drug-likeness (QED) is 0.682. The molecule has 0 aliphatic carbocycles. The zero-order valence-corrected chi connectivity index (χ0v) is 12.1. The summed E-state index contributed by atoms with van der Waals surface area (Å²) in [6, 6.07) is 3.78. The van der Waals surface area contributed by atoms with Crippen LogP contribution in [0.15, 0.2) is 18.2 Å². The molecule has 1 amide bonds. The maximum Gasteiger partial charge on any atom is 0.328 e. The second-order valence-corrected chi connectivity index (χ2v) is 5.17. The van der Waals surface area contributed by atoms with E-state index in [4.69, 9.17) is 5.11 Å². The SMILES string of the molecule is Cc1[nH]c2ccc(C(=O)N[C@H](C(=O)O)[C@@H](C)O)cc2c1C. The molecule has 2 rings (SSSR count). The molecular weight excluding hydrogens is 272 g/mol. The summed E-state index contributed by atoms with van der Waals surface area (Å²) in [6.07, 6.45) is -1.17. The van der Waals surface area contributed by atoms with Gasteiger partial charge >= 0.3 is 5.97 Å². The maximum absolute atomic E-state index is 12.1. The molecule has 112 valence electrons. The van der Waals surface area contributed by atoms with Gasteiger partial charge in [0, 0.05) is 22.2 Å². The van der Waals surface area contributed by atoms with Crippen LogP contribution in [0.3, 0.4) is 0 Å². The number of H-pyrrole nitrogens is 1. The summed E-state index contributed by atoms with van der Waals surface area (Å²) in [5.74, 6) is -1.79. The number of carbonyl (C=O) groups excluding carboxylic acids is 1. The summed E-state index contributed by atoms with van der Waals surface area (Å²) in [6.45, 7) is 5.22. The molecule has 1 heterocycles. The first-order valence-corrected chi connectivity index (χ1v) is 6.62. The van der Waals surface area contributed by atoms with E-state index in [1.165, 1.54) is 6.92 Å². The monoisotopic (exact) mass is 290 g/mol. The van der Waals surface area contributed by atoms with E-state index < -0.39 is 24.0 Å². The standard InChI is InChI=1S/C15H18N2O4/c1-7-8(2)16-12-5-4-10(6-11(7)12)14(19)17-13(9(3)18)15(20)21/h4-6,9,13,16,18H,1-3H3,(H,17,19)(H,20,21)/t9-,13+/m1/s1. The number of hydrogen-bond donors (Lipinski definition) is 4. The van der Waals surface area contributed by atoms with E-state index in [-0.39, 0.29) is 0 Å². The van der Waals surface area contributed by atoms with Gasteiger partial charge in [-0.1, -0.05) is 0 Å². The van der Waals surface area contributed by atoms with Crippen molar-refractivity contribution in [3.63, 3.8) is 0 Å². The Morgan fingerprint density at radius 3 is 2.52 bits per heavy atom. The van der Waals surface area contributed by atoms with Gasteiger partial charge in [0.25, 0.3) is 5.91 Å². The Labute approximate surface area is 121 Å². The average molecular weight is 290 g/mol. The molecule has 0 aliphatic rings. The first-order chi connectivity index (χ1) is 9.81. The van der Waals surface area contributed by atoms with Crippen LogP contribution in [-0.2, 0) is 4.79 Å². The number of benzene rings is 1. The van der Waals surface area contributed by atoms with Gasteiger partial charge in [-0.05, 0) is 44.5 Å². The third-order valence-electron chi connectivity index (χ3n) is 3.61. The molecule has 2 atom stereocenters. The summed E-state index contributed by atoms with van der Waals surface area (Å²) in [7, 11) is 0. The minimum absolute atomic E-state index is 0.358. The molecule has 0 saturated carbocycles. The van der Waals surface area contributed by atoms with Crippen molar-refractivity contribution >= 4 is 22.8 Å². The van der Waals surface area contributed by atoms with E-state index in [9.17, 15) is 14.7 Å². The Morgan fingerprint density at radius 2 is 1.95 bits per heavy atom. The van der Waals surface area contributed by atoms with Crippen molar-refractivity contribution in [2.24, 2.45) is 0 Å². The average Bonchev–Trinajstić information content (AvgIpc) is 2.70. The zero-order chi connectivity index (χ0) is 15.7. The number of aromatic amines is 1. The Balaban J connectivity index is 2.31. The second kappa shape index (κ2) is 5.57. The lowest BCUT2D eigenvalue weighted by atomic mass is 10.1. The lowest BCUT2D eigenvalue weighted by Gasteiger charge is -2.17. The predicted molar refractivity (Wildman–Crippen MR) is 78.3 cm³/mol. The zero-order valence-electron chi connectivity index (χ0n) is 12.1. The summed E-state index contributed by atoms with van der Waals surface area (Å²) in [4.78, 5) is 26.3. The molecule has 1 aromatic heterocycles. The number of aliphatic carboxylic acids is 1. The smallest absolute Gasteiger partial charge is 0.328 e. The highest BCUT2D eigenvalue weighted by Gasteiger charge is 2.25. The number of carboxylic acids is 1. The van der Waals surface area contributed by atoms with Gasteiger partial charge in [-0.2, -0.15) is 0 Å². The van der Waals surface area contributed by atoms with Crippen molar-refractivity contribution in [1.82, 2.24) is 10.3 Å². The van der Waals surface area contributed by atoms with E-state index in [0.29, 0.717) is 5.56 Å². The molecular formula is C15H18N2O4. The van der Waals surface area contributed by atoms with Gasteiger partial charge in [-0.3, -0.25) is 4.79 Å². The number of aliphatic hydroxyl groups excluding tert-OH is 1. The van der Waals surface area contributed by atoms with Gasteiger partial charge in [-0.25, -0.2) is 4.79 Å². The fourth-order valence-electron chi connectivity index (χ4n) is 2.22. The first kappa shape index (κ1) is 15.1. The van der Waals surface area contributed by atoms with E-state index in [2.05, 4.69) is 10.3 Å².